The van der Waals surface area contributed by atoms with E-state index >= 15 is 0 Å². The van der Waals surface area contributed by atoms with Gasteiger partial charge in [-0.3, -0.25) is 44.9 Å². The van der Waals surface area contributed by atoms with Crippen molar-refractivity contribution in [3.63, 3.8) is 0 Å². The van der Waals surface area contributed by atoms with Crippen LogP contribution in [-0.2, 0) is 38.3 Å². The Kier molecular flexibility index (Phi) is 14.2. The molecule has 4 aliphatic carbocycles. The van der Waals surface area contributed by atoms with Gasteiger partial charge in [0.1, 0.15) is 0 Å². The second-order valence-corrected chi connectivity index (χ2v) is 15.1. The summed E-state index contributed by atoms with van der Waals surface area (Å²) in [4.78, 5) is 74.5. The van der Waals surface area contributed by atoms with Gasteiger partial charge >= 0.3 is 18.1 Å². The van der Waals surface area contributed by atoms with Crippen molar-refractivity contribution < 1.29 is 83.3 Å². The van der Waals surface area contributed by atoms with Crippen LogP contribution in [0.1, 0.15) is 82.0 Å². The lowest BCUT2D eigenvalue weighted by Crippen LogP contribution is -2.63. The number of unbranched alkanes of at least 4 members (excludes halogenated alkanes) is 1. The van der Waals surface area contributed by atoms with Crippen molar-refractivity contribution in [1.82, 2.24) is 10.8 Å². The maximum absolute atomic E-state index is 14.4. The van der Waals surface area contributed by atoms with Crippen LogP contribution < -0.4 is 9.47 Å². The number of hydrogen-bond acceptors (Lipinski definition) is 19. The first-order chi connectivity index (χ1) is 27.0. The monoisotopic (exact) mass is 806 g/mol. The zero-order chi connectivity index (χ0) is 41.5. The van der Waals surface area contributed by atoms with Gasteiger partial charge in [-0.15, -0.1) is 0 Å². The Hall–Kier alpha value is -4.31. The zero-order valence-electron chi connectivity index (χ0n) is 32.0. The molecule has 3 fully saturated rings. The number of ether oxygens (including phenoxy) is 5. The normalized spacial score (nSPS) is 28.9. The maximum Gasteiger partial charge on any atom is 0.514 e. The van der Waals surface area contributed by atoms with E-state index in [1.165, 1.54) is 31.4 Å². The number of allylic oxidation sites excluding steroid dienone is 4. The third kappa shape index (κ3) is 9.54. The molecule has 0 amide bonds. The molecular weight excluding hydrogens is 756 g/mol. The molecule has 0 spiro atoms. The Morgan fingerprint density at radius 2 is 1.61 bits per heavy atom. The molecule has 0 aliphatic heterocycles. The van der Waals surface area contributed by atoms with Gasteiger partial charge in [-0.2, -0.15) is 0 Å². The smallest absolute Gasteiger partial charge is 0.493 e. The van der Waals surface area contributed by atoms with Crippen molar-refractivity contribution in [3.05, 3.63) is 47.6 Å². The molecule has 5 N–H and O–H groups in total. The highest BCUT2D eigenvalue weighted by Crippen LogP contribution is 2.68. The Bertz CT molecular complexity index is 1730. The minimum absolute atomic E-state index is 0.00845. The number of Topliss-reactive ketones (excluding diaryl/α,β-unsaturated/α-hetero) is 1. The summed E-state index contributed by atoms with van der Waals surface area (Å²) < 4.78 is 27.2. The van der Waals surface area contributed by atoms with E-state index in [0.29, 0.717) is 32.1 Å². The molecule has 0 radical (unpaired) electrons. The van der Waals surface area contributed by atoms with Crippen molar-refractivity contribution in [2.24, 2.45) is 28.6 Å². The van der Waals surface area contributed by atoms with E-state index in [1.807, 2.05) is 19.9 Å². The number of hydrogen-bond donors (Lipinski definition) is 5. The predicted molar refractivity (Wildman–Crippen MR) is 188 cm³/mol. The molecule has 19 heteroatoms. The third-order valence-electron chi connectivity index (χ3n) is 12.0. The molecule has 5 rings (SSSR count). The van der Waals surface area contributed by atoms with Crippen LogP contribution in [-0.4, -0.2) is 112 Å². The minimum atomic E-state index is -1.82. The van der Waals surface area contributed by atoms with Crippen LogP contribution in [0.2, 0.25) is 0 Å². The molecule has 0 aromatic heterocycles. The Morgan fingerprint density at radius 1 is 0.912 bits per heavy atom. The molecule has 1 aromatic rings. The van der Waals surface area contributed by atoms with Gasteiger partial charge in [0.2, 0.25) is 5.78 Å². The summed E-state index contributed by atoms with van der Waals surface area (Å²) in [6.07, 6.45) is 5.17. The Labute approximate surface area is 328 Å². The van der Waals surface area contributed by atoms with Gasteiger partial charge in [0, 0.05) is 23.2 Å². The van der Waals surface area contributed by atoms with E-state index < -0.39 is 63.8 Å². The fourth-order valence-electron chi connectivity index (χ4n) is 9.44. The van der Waals surface area contributed by atoms with E-state index in [-0.39, 0.29) is 86.1 Å². The van der Waals surface area contributed by atoms with E-state index in [0.717, 1.165) is 5.57 Å². The molecule has 7 atom stereocenters. The largest absolute Gasteiger partial charge is 0.514 e. The van der Waals surface area contributed by atoms with Gasteiger partial charge < -0.3 is 28.8 Å². The lowest BCUT2D eigenvalue weighted by Gasteiger charge is -2.59. The maximum atomic E-state index is 14.4. The van der Waals surface area contributed by atoms with Gasteiger partial charge in [0.05, 0.1) is 49.4 Å². The van der Waals surface area contributed by atoms with Gasteiger partial charge in [-0.25, -0.2) is 9.59 Å². The van der Waals surface area contributed by atoms with Crippen molar-refractivity contribution in [2.45, 2.75) is 83.3 Å². The highest BCUT2D eigenvalue weighted by atomic mass is 17.1. The molecule has 19 nitrogen and oxygen atoms in total. The summed E-state index contributed by atoms with van der Waals surface area (Å²) in [5.74, 6) is -3.02. The molecule has 3 saturated carbocycles. The van der Waals surface area contributed by atoms with E-state index in [1.54, 1.807) is 6.08 Å². The first-order valence-corrected chi connectivity index (χ1v) is 18.7. The van der Waals surface area contributed by atoms with Gasteiger partial charge in [-0.05, 0) is 93.6 Å². The van der Waals surface area contributed by atoms with Crippen molar-refractivity contribution in [2.75, 3.05) is 33.5 Å². The number of rotatable bonds is 18. The summed E-state index contributed by atoms with van der Waals surface area (Å²) in [5.41, 5.74) is -2.46. The second-order valence-electron chi connectivity index (χ2n) is 15.1. The molecule has 0 heterocycles. The quantitative estimate of drug-likeness (QED) is 0.0460. The van der Waals surface area contributed by atoms with Crippen LogP contribution in [0.5, 0.6) is 11.5 Å². The van der Waals surface area contributed by atoms with Crippen LogP contribution in [0, 0.1) is 28.6 Å². The summed E-state index contributed by atoms with van der Waals surface area (Å²) >= 11 is 0. The Balaban J connectivity index is 1.28. The minimum Gasteiger partial charge on any atom is -0.493 e. The van der Waals surface area contributed by atoms with Crippen LogP contribution in [0.4, 0.5) is 4.79 Å². The van der Waals surface area contributed by atoms with Crippen molar-refractivity contribution >= 4 is 29.7 Å². The van der Waals surface area contributed by atoms with Gasteiger partial charge in [0.25, 0.3) is 0 Å². The highest BCUT2D eigenvalue weighted by molar-refractivity contribution is 6.01. The van der Waals surface area contributed by atoms with Crippen molar-refractivity contribution in [3.8, 4) is 11.5 Å². The van der Waals surface area contributed by atoms with E-state index in [4.69, 9.17) is 44.5 Å². The first-order valence-electron chi connectivity index (χ1n) is 18.7. The third-order valence-corrected chi connectivity index (χ3v) is 12.0. The molecule has 0 saturated heterocycles. The topological polar surface area (TPSA) is 258 Å². The number of aliphatic hydroxyl groups excluding tert-OH is 1. The zero-order valence-corrected chi connectivity index (χ0v) is 32.0. The molecule has 314 valence electrons. The second kappa shape index (κ2) is 18.5. The number of benzene rings is 1. The number of carbonyl (C=O) groups excluding carboxylic acids is 5. The fraction of sp³-hybridized carbons (Fsp3) is 0.605. The summed E-state index contributed by atoms with van der Waals surface area (Å²) in [6.45, 7) is 2.72. The number of esters is 2. The number of methoxy groups -OCH3 is 1. The molecule has 0 unspecified atom stereocenters. The van der Waals surface area contributed by atoms with Crippen LogP contribution in [0.15, 0.2) is 42.0 Å². The first kappa shape index (κ1) is 43.8. The molecule has 1 aromatic carbocycles. The lowest BCUT2D eigenvalue weighted by molar-refractivity contribution is -0.492. The average Bonchev–Trinajstić information content (AvgIpc) is 3.45. The molecular formula is C38H50N2O17. The van der Waals surface area contributed by atoms with Crippen LogP contribution in [0.25, 0.3) is 0 Å². The molecule has 57 heavy (non-hydrogen) atoms. The number of nitrogens with zero attached hydrogens (tertiary/aromatic N) is 2. The number of fused-ring (bicyclic) bond motifs is 5. The van der Waals surface area contributed by atoms with Crippen molar-refractivity contribution in [1.29, 1.82) is 0 Å². The van der Waals surface area contributed by atoms with Gasteiger partial charge in [0.15, 0.2) is 29.5 Å². The van der Waals surface area contributed by atoms with Crippen LogP contribution in [0.3, 0.4) is 0 Å². The van der Waals surface area contributed by atoms with Crippen LogP contribution >= 0.6 is 0 Å². The van der Waals surface area contributed by atoms with E-state index in [2.05, 4.69) is 9.68 Å². The average molecular weight is 807 g/mol. The number of ketones is 2. The summed E-state index contributed by atoms with van der Waals surface area (Å²) in [5, 5.41) is 45.8. The Morgan fingerprint density at radius 3 is 2.32 bits per heavy atom. The summed E-state index contributed by atoms with van der Waals surface area (Å²) in [6, 6.07) is 3.87. The van der Waals surface area contributed by atoms with Gasteiger partial charge in [-0.1, -0.05) is 25.5 Å². The molecule has 0 bridgehead atoms. The number of carbonyl (C=O) groups is 5. The number of aliphatic hydroxyl groups is 1. The van der Waals surface area contributed by atoms with E-state index in [9.17, 15) is 29.1 Å². The fourth-order valence-corrected chi connectivity index (χ4v) is 9.44. The standard InChI is InChI=1S/C38H50N2O17/c1-36-14-12-25(41)20-24(36)9-10-26-27-13-15-38(37(27,2)21-28(42)33(26)36,57-32(44)7-6-18-55-40(49)50)31(43)22-53-35(46)56-29-11-8-23(19-30(29)51-3)34(45)52-16-4-5-17-54-39(47)48/h8,11-12,14,19-20,26-28,33,42,47-50H,4-7,9-10,13,15-18,21-22H2,1-3H3/t26-,27-,28-,33+,36-,37-,38-/m0/s1. The summed E-state index contributed by atoms with van der Waals surface area (Å²) in [7, 11) is 1.28. The molecule has 4 aliphatic rings. The lowest BCUT2D eigenvalue weighted by atomic mass is 9.46. The predicted octanol–water partition coefficient (Wildman–Crippen LogP) is 4.08. The highest BCUT2D eigenvalue weighted by Gasteiger charge is 2.70. The SMILES string of the molecule is COc1cc(C(=O)OCCCCON(O)O)ccc1OC(=O)OCC(=O)[C@@]1(OC(=O)CCCON(O)O)CC[C@H]2[C@@H]3CCC4=CC(=O)C=C[C@]4(C)[C@H]3[C@@H](O)C[C@@]21C.